The van der Waals surface area contributed by atoms with Gasteiger partial charge in [-0.25, -0.2) is 0 Å². The summed E-state index contributed by atoms with van der Waals surface area (Å²) in [5.41, 5.74) is 0. The molecule has 142 valence electrons. The molecule has 0 aliphatic carbocycles. The van der Waals surface area contributed by atoms with Gasteiger partial charge in [-0.15, -0.1) is 11.8 Å². The maximum atomic E-state index is 3.47. The lowest BCUT2D eigenvalue weighted by atomic mass is 9.94. The Hall–Kier alpha value is -0.440. The Labute approximate surface area is 154 Å². The molecule has 0 nitrogen and oxygen atoms in total. The van der Waals surface area contributed by atoms with E-state index in [0.717, 1.165) is 0 Å². The highest BCUT2D eigenvalue weighted by molar-refractivity contribution is 5.00. The quantitative estimate of drug-likeness (QED) is 0.174. The van der Waals surface area contributed by atoms with E-state index in [0.29, 0.717) is 5.92 Å². The summed E-state index contributed by atoms with van der Waals surface area (Å²) < 4.78 is 0. The van der Waals surface area contributed by atoms with Crippen molar-refractivity contribution in [2.24, 2.45) is 5.92 Å². The topological polar surface area (TPSA) is 0 Å². The summed E-state index contributed by atoms with van der Waals surface area (Å²) in [6, 6.07) is 0. The Morgan fingerprint density at radius 1 is 0.500 bits per heavy atom. The summed E-state index contributed by atoms with van der Waals surface area (Å²) in [6.45, 7) is 6.59. The lowest BCUT2D eigenvalue weighted by Crippen LogP contribution is -1.98. The van der Waals surface area contributed by atoms with Crippen LogP contribution < -0.4 is 0 Å². The molecule has 0 N–H and O–H groups in total. The van der Waals surface area contributed by atoms with Gasteiger partial charge in [-0.1, -0.05) is 117 Å². The molecule has 0 spiro atoms. The molecular formula is C24H46. The highest BCUT2D eigenvalue weighted by atomic mass is 14.1. The summed E-state index contributed by atoms with van der Waals surface area (Å²) in [7, 11) is 0. The molecule has 0 aromatic rings. The average Bonchev–Trinajstić information content (AvgIpc) is 2.59. The van der Waals surface area contributed by atoms with Crippen LogP contribution in [0.25, 0.3) is 0 Å². The first kappa shape index (κ1) is 23.6. The third-order valence-electron chi connectivity index (χ3n) is 5.16. The van der Waals surface area contributed by atoms with Gasteiger partial charge in [0.1, 0.15) is 0 Å². The predicted molar refractivity (Wildman–Crippen MR) is 111 cm³/mol. The molecule has 0 aliphatic heterocycles. The van der Waals surface area contributed by atoms with E-state index in [9.17, 15) is 0 Å². The molecular weight excluding hydrogens is 288 g/mol. The first-order valence-corrected chi connectivity index (χ1v) is 11.3. The Kier molecular flexibility index (Phi) is 20.2. The van der Waals surface area contributed by atoms with Crippen molar-refractivity contribution in [2.45, 2.75) is 136 Å². The van der Waals surface area contributed by atoms with Gasteiger partial charge >= 0.3 is 0 Å². The summed E-state index contributed by atoms with van der Waals surface area (Å²) in [5, 5.41) is 0. The van der Waals surface area contributed by atoms with Crippen LogP contribution in [0.2, 0.25) is 0 Å². The van der Waals surface area contributed by atoms with Crippen LogP contribution in [0.3, 0.4) is 0 Å². The molecule has 0 unspecified atom stereocenters. The second-order valence-electron chi connectivity index (χ2n) is 7.62. The fourth-order valence-electron chi connectivity index (χ4n) is 3.54. The number of unbranched alkanes of at least 4 members (excludes halogenated alkanes) is 14. The molecule has 0 radical (unpaired) electrons. The molecule has 0 rings (SSSR count). The van der Waals surface area contributed by atoms with Crippen LogP contribution in [0.4, 0.5) is 0 Å². The van der Waals surface area contributed by atoms with Crippen molar-refractivity contribution in [3.63, 3.8) is 0 Å². The van der Waals surface area contributed by atoms with Crippen molar-refractivity contribution in [1.82, 2.24) is 0 Å². The molecule has 0 aromatic carbocycles. The minimum absolute atomic E-state index is 0.676. The molecule has 0 atom stereocenters. The van der Waals surface area contributed by atoms with E-state index < -0.39 is 0 Å². The zero-order chi connectivity index (χ0) is 17.7. The summed E-state index contributed by atoms with van der Waals surface area (Å²) in [4.78, 5) is 0. The molecule has 0 bridgehead atoms. The van der Waals surface area contributed by atoms with Gasteiger partial charge in [-0.05, 0) is 19.8 Å². The molecule has 0 aliphatic rings. The fourth-order valence-corrected chi connectivity index (χ4v) is 3.54. The van der Waals surface area contributed by atoms with Crippen molar-refractivity contribution >= 4 is 0 Å². The van der Waals surface area contributed by atoms with Gasteiger partial charge in [0.2, 0.25) is 0 Å². The molecule has 0 heteroatoms. The summed E-state index contributed by atoms with van der Waals surface area (Å²) in [5.74, 6) is 7.31. The maximum Gasteiger partial charge on any atom is 0.0202 e. The summed E-state index contributed by atoms with van der Waals surface area (Å²) >= 11 is 0. The third-order valence-corrected chi connectivity index (χ3v) is 5.16. The molecule has 0 fully saturated rings. The highest BCUT2D eigenvalue weighted by Crippen LogP contribution is 2.19. The first-order valence-electron chi connectivity index (χ1n) is 11.3. The van der Waals surface area contributed by atoms with Gasteiger partial charge in [-0.2, -0.15) is 0 Å². The van der Waals surface area contributed by atoms with Crippen molar-refractivity contribution in [2.75, 3.05) is 0 Å². The monoisotopic (exact) mass is 334 g/mol. The third kappa shape index (κ3) is 17.9. The van der Waals surface area contributed by atoms with Crippen LogP contribution >= 0.6 is 0 Å². The van der Waals surface area contributed by atoms with E-state index in [1.54, 1.807) is 0 Å². The SMILES string of the molecule is CC#CC(CCCCCCCCCC)CCCCCCCCCC. The molecule has 0 heterocycles. The van der Waals surface area contributed by atoms with Crippen LogP contribution in [0.15, 0.2) is 0 Å². The number of rotatable bonds is 18. The van der Waals surface area contributed by atoms with Gasteiger partial charge in [0, 0.05) is 5.92 Å². The minimum atomic E-state index is 0.676. The van der Waals surface area contributed by atoms with Crippen molar-refractivity contribution in [1.29, 1.82) is 0 Å². The fraction of sp³-hybridized carbons (Fsp3) is 0.917. The zero-order valence-electron chi connectivity index (χ0n) is 17.3. The largest absolute Gasteiger partial charge is 0.106 e. The molecule has 0 saturated heterocycles. The van der Waals surface area contributed by atoms with Crippen molar-refractivity contribution < 1.29 is 0 Å². The Morgan fingerprint density at radius 3 is 1.17 bits per heavy atom. The Morgan fingerprint density at radius 2 is 0.833 bits per heavy atom. The highest BCUT2D eigenvalue weighted by Gasteiger charge is 2.05. The second kappa shape index (κ2) is 20.6. The number of hydrogen-bond donors (Lipinski definition) is 0. The van der Waals surface area contributed by atoms with Gasteiger partial charge < -0.3 is 0 Å². The van der Waals surface area contributed by atoms with Crippen molar-refractivity contribution in [3.05, 3.63) is 0 Å². The van der Waals surface area contributed by atoms with Gasteiger partial charge in [0.05, 0.1) is 0 Å². The predicted octanol–water partition coefficient (Wildman–Crippen LogP) is 8.69. The second-order valence-corrected chi connectivity index (χ2v) is 7.62. The first-order chi connectivity index (χ1) is 11.8. The van der Waals surface area contributed by atoms with E-state index in [1.807, 2.05) is 6.92 Å². The lowest BCUT2D eigenvalue weighted by Gasteiger charge is -2.10. The minimum Gasteiger partial charge on any atom is -0.106 e. The summed E-state index contributed by atoms with van der Waals surface area (Å²) in [6.07, 6.45) is 25.4. The molecule has 0 saturated carbocycles. The number of hydrogen-bond acceptors (Lipinski definition) is 0. The maximum absolute atomic E-state index is 3.47. The van der Waals surface area contributed by atoms with E-state index in [1.165, 1.54) is 116 Å². The van der Waals surface area contributed by atoms with E-state index in [-0.39, 0.29) is 0 Å². The Bertz CT molecular complexity index is 260. The van der Waals surface area contributed by atoms with Crippen LogP contribution in [0.1, 0.15) is 136 Å². The van der Waals surface area contributed by atoms with Crippen LogP contribution in [0, 0.1) is 17.8 Å². The van der Waals surface area contributed by atoms with E-state index in [2.05, 4.69) is 25.7 Å². The zero-order valence-corrected chi connectivity index (χ0v) is 17.3. The van der Waals surface area contributed by atoms with E-state index >= 15 is 0 Å². The van der Waals surface area contributed by atoms with Gasteiger partial charge in [0.25, 0.3) is 0 Å². The smallest absolute Gasteiger partial charge is 0.0202 e. The van der Waals surface area contributed by atoms with E-state index in [4.69, 9.17) is 0 Å². The normalized spacial score (nSPS) is 10.8. The van der Waals surface area contributed by atoms with Crippen LogP contribution in [-0.4, -0.2) is 0 Å². The van der Waals surface area contributed by atoms with Crippen LogP contribution in [-0.2, 0) is 0 Å². The Balaban J connectivity index is 3.48. The molecule has 0 aromatic heterocycles. The van der Waals surface area contributed by atoms with Crippen molar-refractivity contribution in [3.8, 4) is 11.8 Å². The van der Waals surface area contributed by atoms with Gasteiger partial charge in [0.15, 0.2) is 0 Å². The van der Waals surface area contributed by atoms with Gasteiger partial charge in [-0.3, -0.25) is 0 Å². The standard InChI is InChI=1S/C24H46/c1-4-7-9-11-13-15-17-19-22-24(21-6-3)23-20-18-16-14-12-10-8-5-2/h24H,4-5,7-20,22-23H2,1-3H3. The molecule has 0 amide bonds. The molecule has 24 heavy (non-hydrogen) atoms. The van der Waals surface area contributed by atoms with Crippen LogP contribution in [0.5, 0.6) is 0 Å². The average molecular weight is 335 g/mol. The lowest BCUT2D eigenvalue weighted by molar-refractivity contribution is 0.472.